The molecule has 0 atom stereocenters. The normalized spacial score (nSPS) is 17.2. The van der Waals surface area contributed by atoms with Crippen LogP contribution in [0.5, 0.6) is 17.2 Å². The maximum Gasteiger partial charge on any atom is 0.283 e. The molecule has 0 unspecified atom stereocenters. The molecule has 178 valence electrons. The summed E-state index contributed by atoms with van der Waals surface area (Å²) >= 11 is 1.24. The second-order valence-electron chi connectivity index (χ2n) is 8.28. The summed E-state index contributed by atoms with van der Waals surface area (Å²) in [5, 5.41) is 15.5. The van der Waals surface area contributed by atoms with Gasteiger partial charge in [-0.15, -0.1) is 0 Å². The van der Waals surface area contributed by atoms with E-state index in [0.717, 1.165) is 22.4 Å². The van der Waals surface area contributed by atoms with E-state index in [4.69, 9.17) is 19.6 Å². The predicted molar refractivity (Wildman–Crippen MR) is 139 cm³/mol. The van der Waals surface area contributed by atoms with Crippen molar-refractivity contribution in [2.45, 2.75) is 13.5 Å². The predicted octanol–water partition coefficient (Wildman–Crippen LogP) is 4.97. The topological polar surface area (TPSA) is 96.6 Å². The number of aryl methyl sites for hydroxylation is 1. The van der Waals surface area contributed by atoms with Crippen molar-refractivity contribution >= 4 is 39.8 Å². The number of ether oxygens (including phenoxy) is 3. The number of amidine groups is 2. The molecule has 1 N–H and O–H groups in total. The molecular formula is C27H20N4O4S. The number of aliphatic imine (C=N–C) groups is 1. The summed E-state index contributed by atoms with van der Waals surface area (Å²) in [5.41, 5.74) is 4.04. The number of hydrogen-bond donors (Lipinski definition) is 1. The monoisotopic (exact) mass is 496 g/mol. The molecule has 0 saturated carbocycles. The largest absolute Gasteiger partial charge is 0.489 e. The number of nitrogens with one attached hydrogen (secondary N) is 1. The fourth-order valence-corrected chi connectivity index (χ4v) is 4.79. The van der Waals surface area contributed by atoms with Crippen molar-refractivity contribution in [2.75, 3.05) is 6.79 Å². The Morgan fingerprint density at radius 1 is 1.08 bits per heavy atom. The smallest absolute Gasteiger partial charge is 0.283 e. The quantitative estimate of drug-likeness (QED) is 0.501. The summed E-state index contributed by atoms with van der Waals surface area (Å²) in [4.78, 5) is 16.9. The lowest BCUT2D eigenvalue weighted by atomic mass is 10.1. The Morgan fingerprint density at radius 3 is 2.72 bits per heavy atom. The Labute approximate surface area is 211 Å². The number of amides is 1. The van der Waals surface area contributed by atoms with Gasteiger partial charge in [0.25, 0.3) is 5.91 Å². The van der Waals surface area contributed by atoms with Gasteiger partial charge >= 0.3 is 0 Å². The molecular weight excluding hydrogens is 476 g/mol. The molecule has 3 aromatic carbocycles. The number of benzene rings is 3. The van der Waals surface area contributed by atoms with Gasteiger partial charge in [-0.1, -0.05) is 36.4 Å². The average Bonchev–Trinajstić information content (AvgIpc) is 3.53. The van der Waals surface area contributed by atoms with Crippen LogP contribution < -0.4 is 14.2 Å². The van der Waals surface area contributed by atoms with Crippen LogP contribution in [-0.2, 0) is 11.4 Å². The van der Waals surface area contributed by atoms with Gasteiger partial charge in [0.1, 0.15) is 17.4 Å². The van der Waals surface area contributed by atoms with Crippen LogP contribution in [0.2, 0.25) is 0 Å². The van der Waals surface area contributed by atoms with Crippen LogP contribution in [0.4, 0.5) is 0 Å². The van der Waals surface area contributed by atoms with Gasteiger partial charge in [-0.3, -0.25) is 10.2 Å². The Morgan fingerprint density at radius 2 is 1.89 bits per heavy atom. The highest BCUT2D eigenvalue weighted by Crippen LogP contribution is 2.36. The Bertz CT molecular complexity index is 1490. The molecule has 0 spiro atoms. The van der Waals surface area contributed by atoms with Gasteiger partial charge in [0.15, 0.2) is 17.3 Å². The zero-order chi connectivity index (χ0) is 24.6. The van der Waals surface area contributed by atoms with Crippen LogP contribution in [0.15, 0.2) is 82.4 Å². The summed E-state index contributed by atoms with van der Waals surface area (Å²) in [6.45, 7) is 2.72. The summed E-state index contributed by atoms with van der Waals surface area (Å²) in [7, 11) is 0. The Hall–Kier alpha value is -4.37. The zero-order valence-electron chi connectivity index (χ0n) is 19.2. The summed E-state index contributed by atoms with van der Waals surface area (Å²) in [5.74, 6) is 1.55. The summed E-state index contributed by atoms with van der Waals surface area (Å²) < 4.78 is 16.7. The summed E-state index contributed by atoms with van der Waals surface area (Å²) in [6.07, 6.45) is 1.65. The van der Waals surface area contributed by atoms with Crippen LogP contribution in [0.1, 0.15) is 22.3 Å². The first kappa shape index (κ1) is 22.1. The van der Waals surface area contributed by atoms with E-state index >= 15 is 0 Å². The lowest BCUT2D eigenvalue weighted by Gasteiger charge is -2.20. The number of rotatable bonds is 5. The van der Waals surface area contributed by atoms with E-state index in [1.165, 1.54) is 22.3 Å². The van der Waals surface area contributed by atoms with Crippen molar-refractivity contribution in [3.63, 3.8) is 0 Å². The first-order chi connectivity index (χ1) is 17.5. The van der Waals surface area contributed by atoms with Crippen molar-refractivity contribution in [1.82, 2.24) is 5.01 Å². The molecule has 0 aliphatic carbocycles. The van der Waals surface area contributed by atoms with Crippen LogP contribution in [0, 0.1) is 12.3 Å². The molecule has 0 fully saturated rings. The molecule has 3 aromatic rings. The Kier molecular flexibility index (Phi) is 5.54. The second kappa shape index (κ2) is 9.01. The van der Waals surface area contributed by atoms with Gasteiger partial charge in [-0.2, -0.15) is 15.1 Å². The number of carbonyl (C=O) groups is 1. The third-order valence-electron chi connectivity index (χ3n) is 5.92. The Balaban J connectivity index is 1.19. The number of nitrogens with zero attached hydrogens (tertiary/aromatic N) is 3. The maximum atomic E-state index is 12.8. The van der Waals surface area contributed by atoms with Gasteiger partial charge in [-0.25, -0.2) is 0 Å². The number of hydrazone groups is 1. The van der Waals surface area contributed by atoms with E-state index in [1.54, 1.807) is 6.08 Å². The van der Waals surface area contributed by atoms with Gasteiger partial charge in [0.2, 0.25) is 12.0 Å². The average molecular weight is 497 g/mol. The van der Waals surface area contributed by atoms with E-state index < -0.39 is 5.91 Å². The minimum Gasteiger partial charge on any atom is -0.489 e. The molecule has 3 heterocycles. The van der Waals surface area contributed by atoms with E-state index in [2.05, 4.69) is 23.1 Å². The molecule has 0 radical (unpaired) electrons. The van der Waals surface area contributed by atoms with Crippen LogP contribution >= 0.6 is 11.8 Å². The van der Waals surface area contributed by atoms with Crippen molar-refractivity contribution in [1.29, 1.82) is 5.41 Å². The van der Waals surface area contributed by atoms with Gasteiger partial charge < -0.3 is 14.2 Å². The number of carbonyl (C=O) groups excluding carboxylic acids is 1. The van der Waals surface area contributed by atoms with E-state index in [0.29, 0.717) is 28.3 Å². The van der Waals surface area contributed by atoms with E-state index in [9.17, 15) is 4.79 Å². The highest BCUT2D eigenvalue weighted by Gasteiger charge is 2.36. The summed E-state index contributed by atoms with van der Waals surface area (Å²) in [6, 6.07) is 21.0. The molecule has 8 nitrogen and oxygen atoms in total. The van der Waals surface area contributed by atoms with Gasteiger partial charge in [0.05, 0.1) is 5.57 Å². The molecule has 3 aliphatic rings. The molecule has 0 saturated heterocycles. The molecule has 9 heteroatoms. The first-order valence-electron chi connectivity index (χ1n) is 11.2. The van der Waals surface area contributed by atoms with Crippen LogP contribution in [0.3, 0.4) is 0 Å². The van der Waals surface area contributed by atoms with Crippen molar-refractivity contribution < 1.29 is 19.0 Å². The highest BCUT2D eigenvalue weighted by molar-refractivity contribution is 8.27. The van der Waals surface area contributed by atoms with Crippen LogP contribution in [0.25, 0.3) is 6.08 Å². The minimum atomic E-state index is -0.472. The number of fused-ring (bicyclic) bond motifs is 2. The van der Waals surface area contributed by atoms with Crippen LogP contribution in [-0.4, -0.2) is 33.8 Å². The standard InChI is InChI=1S/C27H20N4O4S/c1-16-4-2-3-5-19(16)14-33-20-9-6-17(7-10-20)12-21-24(28)31-27(29-25(21)32)36-26(30-31)18-8-11-22-23(13-18)35-15-34-22/h2-13,28H,14-15H2,1H3/b21-12+,28-24?. The van der Waals surface area contributed by atoms with E-state index in [-0.39, 0.29) is 18.2 Å². The van der Waals surface area contributed by atoms with Crippen molar-refractivity contribution in [2.24, 2.45) is 10.1 Å². The number of thioether (sulfide) groups is 1. The van der Waals surface area contributed by atoms with Gasteiger partial charge in [-0.05, 0) is 71.8 Å². The molecule has 6 rings (SSSR count). The molecule has 3 aliphatic heterocycles. The first-order valence-corrected chi connectivity index (χ1v) is 12.0. The lowest BCUT2D eigenvalue weighted by molar-refractivity contribution is -0.114. The number of hydrogen-bond acceptors (Lipinski definition) is 7. The van der Waals surface area contributed by atoms with E-state index in [1.807, 2.05) is 60.7 Å². The highest BCUT2D eigenvalue weighted by atomic mass is 32.2. The van der Waals surface area contributed by atoms with Crippen molar-refractivity contribution in [3.05, 3.63) is 94.6 Å². The van der Waals surface area contributed by atoms with Crippen molar-refractivity contribution in [3.8, 4) is 17.2 Å². The molecule has 0 bridgehead atoms. The van der Waals surface area contributed by atoms with Gasteiger partial charge in [0, 0.05) is 5.56 Å². The SMILES string of the molecule is Cc1ccccc1COc1ccc(/C=C2\C(=N)N3N=C(c4ccc5c(c4)OCO5)SC3=NC2=O)cc1. The fraction of sp³-hybridized carbons (Fsp3) is 0.111. The maximum absolute atomic E-state index is 12.8. The molecule has 1 amide bonds. The molecule has 0 aromatic heterocycles. The second-order valence-corrected chi connectivity index (χ2v) is 9.23. The zero-order valence-corrected chi connectivity index (χ0v) is 20.0. The minimum absolute atomic E-state index is 0.0203. The third kappa shape index (κ3) is 4.14. The fourth-order valence-electron chi connectivity index (χ4n) is 3.90. The lowest BCUT2D eigenvalue weighted by Crippen LogP contribution is -2.35. The molecule has 36 heavy (non-hydrogen) atoms. The third-order valence-corrected chi connectivity index (χ3v) is 6.88.